The number of aromatic amines is 2. The first-order valence-corrected chi connectivity index (χ1v) is 11.6. The van der Waals surface area contributed by atoms with E-state index in [1.54, 1.807) is 6.07 Å². The summed E-state index contributed by atoms with van der Waals surface area (Å²) in [5.41, 5.74) is 4.65. The average molecular weight is 466 g/mol. The molecule has 1 aliphatic rings. The molecule has 9 heteroatoms. The van der Waals surface area contributed by atoms with Gasteiger partial charge in [0.15, 0.2) is 0 Å². The summed E-state index contributed by atoms with van der Waals surface area (Å²) in [6, 6.07) is 11.7. The zero-order valence-corrected chi connectivity index (χ0v) is 19.6. The minimum atomic E-state index is -0.199. The first kappa shape index (κ1) is 21.8. The van der Waals surface area contributed by atoms with Crippen molar-refractivity contribution in [2.75, 3.05) is 63.6 Å². The van der Waals surface area contributed by atoms with Gasteiger partial charge in [-0.05, 0) is 50.5 Å². The summed E-state index contributed by atoms with van der Waals surface area (Å²) in [7, 11) is 4.05. The van der Waals surface area contributed by atoms with Crippen molar-refractivity contribution in [3.63, 3.8) is 0 Å². The number of benzene rings is 2. The lowest BCUT2D eigenvalue weighted by Crippen LogP contribution is -2.44. The predicted molar refractivity (Wildman–Crippen MR) is 137 cm³/mol. The number of nitrogens with one attached hydrogen (secondary N) is 4. The third-order valence-electron chi connectivity index (χ3n) is 6.22. The Morgan fingerprint density at radius 1 is 1.03 bits per heavy atom. The monoisotopic (exact) mass is 465 g/mol. The van der Waals surface area contributed by atoms with E-state index in [4.69, 9.17) is 16.6 Å². The molecule has 1 saturated heterocycles. The van der Waals surface area contributed by atoms with E-state index >= 15 is 0 Å². The minimum Gasteiger partial charge on any atom is -0.382 e. The number of aromatic nitrogens is 3. The van der Waals surface area contributed by atoms with Gasteiger partial charge >= 0.3 is 0 Å². The Morgan fingerprint density at radius 2 is 1.85 bits per heavy atom. The molecule has 0 spiro atoms. The lowest BCUT2D eigenvalue weighted by molar-refractivity contribution is 0.313. The number of nitrogens with zero attached hydrogens (tertiary/aromatic N) is 3. The summed E-state index contributed by atoms with van der Waals surface area (Å²) >= 11 is 6.29. The van der Waals surface area contributed by atoms with Crippen LogP contribution in [-0.4, -0.2) is 73.2 Å². The van der Waals surface area contributed by atoms with Crippen LogP contribution in [0.1, 0.15) is 0 Å². The van der Waals surface area contributed by atoms with Crippen molar-refractivity contribution in [3.8, 4) is 11.4 Å². The fourth-order valence-corrected chi connectivity index (χ4v) is 4.54. The van der Waals surface area contributed by atoms with Crippen LogP contribution in [0.25, 0.3) is 33.3 Å². The van der Waals surface area contributed by atoms with Gasteiger partial charge in [0.25, 0.3) is 5.56 Å². The van der Waals surface area contributed by atoms with E-state index in [2.05, 4.69) is 49.6 Å². The number of rotatable bonds is 6. The third kappa shape index (κ3) is 4.29. The molecule has 4 aromatic rings. The number of hydrogen-bond acceptors (Lipinski definition) is 6. The van der Waals surface area contributed by atoms with Gasteiger partial charge in [0.05, 0.1) is 22.2 Å². The van der Waals surface area contributed by atoms with E-state index < -0.39 is 0 Å². The number of anilines is 2. The van der Waals surface area contributed by atoms with Crippen molar-refractivity contribution in [3.05, 3.63) is 51.8 Å². The molecule has 172 valence electrons. The van der Waals surface area contributed by atoms with E-state index in [0.29, 0.717) is 23.0 Å². The average Bonchev–Trinajstić information content (AvgIpc) is 3.23. The van der Waals surface area contributed by atoms with Crippen LogP contribution in [0.4, 0.5) is 11.4 Å². The van der Waals surface area contributed by atoms with Crippen LogP contribution < -0.4 is 21.1 Å². The highest BCUT2D eigenvalue weighted by Gasteiger charge is 2.19. The third-order valence-corrected chi connectivity index (χ3v) is 6.46. The largest absolute Gasteiger partial charge is 0.382 e. The molecule has 1 fully saturated rings. The lowest BCUT2D eigenvalue weighted by Gasteiger charge is -2.34. The standard InChI is InChI=1S/C24H28ClN7O/c1-26-7-8-27-22-17-13-15(25)3-5-18(17)30-24(33)21(22)23-28-19-6-4-16(14-20(19)29-23)32-11-9-31(2)10-12-32/h3-6,13-14,26H,7-12H2,1-2H3,(H,28,29)(H2,27,30,33). The van der Waals surface area contributed by atoms with E-state index in [0.717, 1.165) is 66.0 Å². The van der Waals surface area contributed by atoms with Gasteiger partial charge < -0.3 is 30.4 Å². The fourth-order valence-electron chi connectivity index (χ4n) is 4.36. The van der Waals surface area contributed by atoms with Crippen LogP contribution >= 0.6 is 11.6 Å². The normalized spacial score (nSPS) is 14.9. The van der Waals surface area contributed by atoms with Gasteiger partial charge in [0.1, 0.15) is 11.4 Å². The van der Waals surface area contributed by atoms with Crippen LogP contribution in [0.3, 0.4) is 0 Å². The van der Waals surface area contributed by atoms with Gasteiger partial charge in [0.2, 0.25) is 0 Å². The van der Waals surface area contributed by atoms with Crippen LogP contribution in [0, 0.1) is 0 Å². The zero-order chi connectivity index (χ0) is 22.9. The van der Waals surface area contributed by atoms with Gasteiger partial charge in [-0.25, -0.2) is 4.98 Å². The van der Waals surface area contributed by atoms with Gasteiger partial charge in [-0.15, -0.1) is 0 Å². The maximum Gasteiger partial charge on any atom is 0.261 e. The highest BCUT2D eigenvalue weighted by Crippen LogP contribution is 2.33. The molecule has 3 heterocycles. The number of halogens is 1. The smallest absolute Gasteiger partial charge is 0.261 e. The molecule has 0 unspecified atom stereocenters. The Morgan fingerprint density at radius 3 is 2.64 bits per heavy atom. The molecule has 8 nitrogen and oxygen atoms in total. The molecule has 33 heavy (non-hydrogen) atoms. The number of pyridine rings is 1. The summed E-state index contributed by atoms with van der Waals surface area (Å²) < 4.78 is 0. The number of piperazine rings is 1. The molecule has 0 atom stereocenters. The maximum absolute atomic E-state index is 13.2. The lowest BCUT2D eigenvalue weighted by atomic mass is 10.1. The topological polar surface area (TPSA) is 92.1 Å². The first-order chi connectivity index (χ1) is 16.0. The van der Waals surface area contributed by atoms with Gasteiger partial charge in [-0.3, -0.25) is 4.79 Å². The molecule has 2 aromatic heterocycles. The molecule has 0 saturated carbocycles. The molecule has 0 bridgehead atoms. The predicted octanol–water partition coefficient (Wildman–Crippen LogP) is 3.11. The Hall–Kier alpha value is -3.07. The summed E-state index contributed by atoms with van der Waals surface area (Å²) in [6.45, 7) is 5.48. The number of hydrogen-bond donors (Lipinski definition) is 4. The van der Waals surface area contributed by atoms with Crippen molar-refractivity contribution in [2.45, 2.75) is 0 Å². The number of fused-ring (bicyclic) bond motifs is 2. The molecule has 0 amide bonds. The molecule has 5 rings (SSSR count). The second-order valence-corrected chi connectivity index (χ2v) is 8.94. The summed E-state index contributed by atoms with van der Waals surface area (Å²) in [4.78, 5) is 29.0. The van der Waals surface area contributed by atoms with Crippen molar-refractivity contribution in [1.82, 2.24) is 25.2 Å². The molecule has 2 aromatic carbocycles. The Balaban J connectivity index is 1.60. The molecule has 0 aliphatic carbocycles. The Bertz CT molecular complexity index is 1350. The molecule has 1 aliphatic heterocycles. The van der Waals surface area contributed by atoms with Gasteiger partial charge in [-0.1, -0.05) is 11.6 Å². The Kier molecular flexibility index (Phi) is 5.97. The summed E-state index contributed by atoms with van der Waals surface area (Å²) in [5.74, 6) is 0.538. The second kappa shape index (κ2) is 9.05. The van der Waals surface area contributed by atoms with E-state index in [-0.39, 0.29) is 5.56 Å². The summed E-state index contributed by atoms with van der Waals surface area (Å²) in [6.07, 6.45) is 0. The van der Waals surface area contributed by atoms with Crippen molar-refractivity contribution in [2.24, 2.45) is 0 Å². The van der Waals surface area contributed by atoms with E-state index in [1.165, 1.54) is 0 Å². The van der Waals surface area contributed by atoms with E-state index in [1.807, 2.05) is 25.2 Å². The quantitative estimate of drug-likeness (QED) is 0.327. The van der Waals surface area contributed by atoms with Crippen molar-refractivity contribution >= 4 is 44.9 Å². The highest BCUT2D eigenvalue weighted by atomic mass is 35.5. The Labute approximate surface area is 196 Å². The van der Waals surface area contributed by atoms with Crippen molar-refractivity contribution < 1.29 is 0 Å². The minimum absolute atomic E-state index is 0.199. The number of imidazole rings is 1. The molecule has 4 N–H and O–H groups in total. The van der Waals surface area contributed by atoms with Crippen LogP contribution in [0.2, 0.25) is 5.02 Å². The van der Waals surface area contributed by atoms with Gasteiger partial charge in [-0.2, -0.15) is 0 Å². The van der Waals surface area contributed by atoms with Crippen LogP contribution in [0.5, 0.6) is 0 Å². The SMILES string of the molecule is CNCCNc1c(-c2nc3ccc(N4CCN(C)CC4)cc3[nH]2)c(=O)[nH]c2ccc(Cl)cc12. The maximum atomic E-state index is 13.2. The molecular weight excluding hydrogens is 438 g/mol. The van der Waals surface area contributed by atoms with Crippen LogP contribution in [-0.2, 0) is 0 Å². The van der Waals surface area contributed by atoms with Crippen molar-refractivity contribution in [1.29, 1.82) is 0 Å². The number of likely N-dealkylation sites (N-methyl/N-ethyl adjacent to an activating group) is 2. The second-order valence-electron chi connectivity index (χ2n) is 8.50. The summed E-state index contributed by atoms with van der Waals surface area (Å²) in [5, 5.41) is 8.01. The molecule has 0 radical (unpaired) electrons. The zero-order valence-electron chi connectivity index (χ0n) is 18.8. The van der Waals surface area contributed by atoms with Gasteiger partial charge in [0, 0.05) is 55.4 Å². The van der Waals surface area contributed by atoms with Crippen LogP contribution in [0.15, 0.2) is 41.2 Å². The molecular formula is C24H28ClN7O. The van der Waals surface area contributed by atoms with E-state index in [9.17, 15) is 4.79 Å². The fraction of sp³-hybridized carbons (Fsp3) is 0.333. The number of H-pyrrole nitrogens is 2. The highest BCUT2D eigenvalue weighted by molar-refractivity contribution is 6.31. The first-order valence-electron chi connectivity index (χ1n) is 11.2.